The molecule has 5 nitrogen and oxygen atoms in total. The zero-order chi connectivity index (χ0) is 15.5. The number of rotatable bonds is 6. The minimum absolute atomic E-state index is 0.132. The molecule has 7 heteroatoms. The van der Waals surface area contributed by atoms with Crippen LogP contribution in [0, 0.1) is 0 Å². The highest BCUT2D eigenvalue weighted by Crippen LogP contribution is 2.33. The minimum atomic E-state index is -2.82. The Morgan fingerprint density at radius 2 is 2.05 bits per heavy atom. The lowest BCUT2D eigenvalue weighted by Crippen LogP contribution is -2.48. The predicted molar refractivity (Wildman–Crippen MR) is 75.5 cm³/mol. The van der Waals surface area contributed by atoms with Crippen molar-refractivity contribution in [1.82, 2.24) is 4.90 Å². The first-order valence-corrected chi connectivity index (χ1v) is 6.59. The summed E-state index contributed by atoms with van der Waals surface area (Å²) in [4.78, 5) is 6.24. The van der Waals surface area contributed by atoms with E-state index in [1.54, 1.807) is 19.2 Å². The summed E-state index contributed by atoms with van der Waals surface area (Å²) in [5, 5.41) is 0. The van der Waals surface area contributed by atoms with Gasteiger partial charge in [-0.05, 0) is 24.6 Å². The van der Waals surface area contributed by atoms with E-state index in [1.165, 1.54) is 12.1 Å². The van der Waals surface area contributed by atoms with Crippen LogP contribution in [0.2, 0.25) is 0 Å². The van der Waals surface area contributed by atoms with Gasteiger partial charge in [0.25, 0.3) is 0 Å². The van der Waals surface area contributed by atoms with E-state index in [9.17, 15) is 8.78 Å². The Kier molecular flexibility index (Phi) is 4.62. The number of alkyl halides is 2. The minimum Gasteiger partial charge on any atom is -0.435 e. The number of hydrogen-bond acceptors (Lipinski definition) is 5. The van der Waals surface area contributed by atoms with Gasteiger partial charge in [-0.15, -0.1) is 0 Å². The van der Waals surface area contributed by atoms with E-state index in [2.05, 4.69) is 9.73 Å². The van der Waals surface area contributed by atoms with Crippen molar-refractivity contribution in [1.29, 1.82) is 0 Å². The number of halogens is 2. The van der Waals surface area contributed by atoms with Crippen molar-refractivity contribution >= 4 is 5.96 Å². The molecular formula is C14H19F2N3O2. The molecule has 21 heavy (non-hydrogen) atoms. The molecule has 1 atom stereocenters. The quantitative estimate of drug-likeness (QED) is 0.870. The van der Waals surface area contributed by atoms with Gasteiger partial charge < -0.3 is 20.1 Å². The summed E-state index contributed by atoms with van der Waals surface area (Å²) in [7, 11) is 1.62. The number of guanidine groups is 1. The number of nitrogens with two attached hydrogens (primary N) is 1. The molecule has 0 saturated heterocycles. The molecule has 1 aromatic rings. The monoisotopic (exact) mass is 299 g/mol. The smallest absolute Gasteiger partial charge is 0.387 e. The first-order valence-electron chi connectivity index (χ1n) is 6.59. The van der Waals surface area contributed by atoms with Gasteiger partial charge in [-0.2, -0.15) is 8.78 Å². The molecular weight excluding hydrogens is 280 g/mol. The van der Waals surface area contributed by atoms with Gasteiger partial charge in [0.15, 0.2) is 5.96 Å². The van der Waals surface area contributed by atoms with Crippen molar-refractivity contribution in [2.45, 2.75) is 19.1 Å². The number of benzene rings is 1. The molecule has 0 spiro atoms. The lowest BCUT2D eigenvalue weighted by molar-refractivity contribution is -0.0498. The number of methoxy groups -OCH3 is 1. The standard InChI is InChI=1S/C14H19F2N3O2/c1-14(9-18-13(17)19(14)7-8-20-2)10-3-5-11(6-4-10)21-12(15)16/h3-6,12H,7-9H2,1-2H3,(H2,17,18). The fraction of sp³-hybridized carbons (Fsp3) is 0.500. The van der Waals surface area contributed by atoms with Crippen LogP contribution in [0.3, 0.4) is 0 Å². The molecule has 1 aliphatic rings. The SMILES string of the molecule is COCCN1C(N)=NCC1(C)c1ccc(OC(F)F)cc1. The Hall–Kier alpha value is -1.89. The molecule has 0 aromatic heterocycles. The van der Waals surface area contributed by atoms with Gasteiger partial charge in [-0.1, -0.05) is 12.1 Å². The molecule has 116 valence electrons. The highest BCUT2D eigenvalue weighted by atomic mass is 19.3. The molecule has 0 bridgehead atoms. The normalized spacial score (nSPS) is 21.8. The summed E-state index contributed by atoms with van der Waals surface area (Å²) in [6.45, 7) is 0.831. The zero-order valence-electron chi connectivity index (χ0n) is 12.1. The predicted octanol–water partition coefficient (Wildman–Crippen LogP) is 1.78. The lowest BCUT2D eigenvalue weighted by Gasteiger charge is -2.36. The Bertz CT molecular complexity index is 507. The second-order valence-corrected chi connectivity index (χ2v) is 5.00. The van der Waals surface area contributed by atoms with Gasteiger partial charge in [0.1, 0.15) is 5.75 Å². The van der Waals surface area contributed by atoms with Crippen LogP contribution in [0.15, 0.2) is 29.3 Å². The average Bonchev–Trinajstić information content (AvgIpc) is 2.73. The largest absolute Gasteiger partial charge is 0.435 e. The van der Waals surface area contributed by atoms with E-state index in [4.69, 9.17) is 10.5 Å². The fourth-order valence-electron chi connectivity index (χ4n) is 2.44. The van der Waals surface area contributed by atoms with Crippen molar-refractivity contribution < 1.29 is 18.3 Å². The Balaban J connectivity index is 2.18. The molecule has 2 N–H and O–H groups in total. The van der Waals surface area contributed by atoms with Crippen molar-refractivity contribution in [3.05, 3.63) is 29.8 Å². The molecule has 1 unspecified atom stereocenters. The molecule has 1 aromatic carbocycles. The van der Waals surface area contributed by atoms with Crippen LogP contribution in [0.5, 0.6) is 5.75 Å². The third-order valence-corrected chi connectivity index (χ3v) is 3.64. The Labute approximate surface area is 122 Å². The van der Waals surface area contributed by atoms with Crippen LogP contribution in [-0.2, 0) is 10.3 Å². The molecule has 0 fully saturated rings. The summed E-state index contributed by atoms with van der Waals surface area (Å²) in [6.07, 6.45) is 0. The summed E-state index contributed by atoms with van der Waals surface area (Å²) in [6, 6.07) is 6.56. The Morgan fingerprint density at radius 1 is 1.38 bits per heavy atom. The second kappa shape index (κ2) is 6.26. The third-order valence-electron chi connectivity index (χ3n) is 3.64. The van der Waals surface area contributed by atoms with E-state index in [-0.39, 0.29) is 5.75 Å². The van der Waals surface area contributed by atoms with Crippen molar-refractivity contribution in [2.75, 3.05) is 26.8 Å². The second-order valence-electron chi connectivity index (χ2n) is 5.00. The van der Waals surface area contributed by atoms with Crippen LogP contribution in [-0.4, -0.2) is 44.3 Å². The van der Waals surface area contributed by atoms with Gasteiger partial charge in [0.2, 0.25) is 0 Å². The summed E-state index contributed by atoms with van der Waals surface area (Å²) >= 11 is 0. The van der Waals surface area contributed by atoms with Gasteiger partial charge >= 0.3 is 6.61 Å². The molecule has 1 aliphatic heterocycles. The van der Waals surface area contributed by atoms with E-state index >= 15 is 0 Å². The molecule has 2 rings (SSSR count). The van der Waals surface area contributed by atoms with E-state index in [0.29, 0.717) is 25.7 Å². The summed E-state index contributed by atoms with van der Waals surface area (Å²) in [5.74, 6) is 0.593. The highest BCUT2D eigenvalue weighted by molar-refractivity contribution is 5.81. The number of ether oxygens (including phenoxy) is 2. The van der Waals surface area contributed by atoms with E-state index in [1.807, 2.05) is 11.8 Å². The van der Waals surface area contributed by atoms with Gasteiger partial charge in [-0.3, -0.25) is 4.99 Å². The lowest BCUT2D eigenvalue weighted by atomic mass is 9.91. The van der Waals surface area contributed by atoms with Crippen molar-refractivity contribution in [2.24, 2.45) is 10.7 Å². The molecule has 0 aliphatic carbocycles. The first-order chi connectivity index (χ1) is 9.97. The van der Waals surface area contributed by atoms with Crippen LogP contribution in [0.4, 0.5) is 8.78 Å². The van der Waals surface area contributed by atoms with Crippen molar-refractivity contribution in [3.63, 3.8) is 0 Å². The topological polar surface area (TPSA) is 60.1 Å². The number of aliphatic imine (C=N–C) groups is 1. The van der Waals surface area contributed by atoms with Gasteiger partial charge in [0, 0.05) is 13.7 Å². The van der Waals surface area contributed by atoms with Crippen LogP contribution >= 0.6 is 0 Å². The zero-order valence-corrected chi connectivity index (χ0v) is 12.1. The maximum Gasteiger partial charge on any atom is 0.387 e. The average molecular weight is 299 g/mol. The molecule has 0 radical (unpaired) electrons. The summed E-state index contributed by atoms with van der Waals surface area (Å²) < 4.78 is 33.8. The highest BCUT2D eigenvalue weighted by Gasteiger charge is 2.39. The third kappa shape index (κ3) is 3.24. The van der Waals surface area contributed by atoms with E-state index in [0.717, 1.165) is 5.56 Å². The summed E-state index contributed by atoms with van der Waals surface area (Å²) in [5.41, 5.74) is 6.45. The van der Waals surface area contributed by atoms with Crippen molar-refractivity contribution in [3.8, 4) is 5.75 Å². The number of hydrogen-bond donors (Lipinski definition) is 1. The number of nitrogens with zero attached hydrogens (tertiary/aromatic N) is 2. The molecule has 1 heterocycles. The maximum absolute atomic E-state index is 12.2. The molecule has 0 saturated carbocycles. The Morgan fingerprint density at radius 3 is 2.62 bits per heavy atom. The van der Waals surface area contributed by atoms with E-state index < -0.39 is 12.2 Å². The van der Waals surface area contributed by atoms with Gasteiger partial charge in [0.05, 0.1) is 18.7 Å². The molecule has 0 amide bonds. The van der Waals surface area contributed by atoms with Crippen LogP contribution in [0.25, 0.3) is 0 Å². The first kappa shape index (κ1) is 15.5. The van der Waals surface area contributed by atoms with Crippen LogP contribution in [0.1, 0.15) is 12.5 Å². The maximum atomic E-state index is 12.2. The fourth-order valence-corrected chi connectivity index (χ4v) is 2.44. The van der Waals surface area contributed by atoms with Gasteiger partial charge in [-0.25, -0.2) is 0 Å². The van der Waals surface area contributed by atoms with Crippen LogP contribution < -0.4 is 10.5 Å².